The van der Waals surface area contributed by atoms with Crippen LogP contribution >= 0.6 is 0 Å². The summed E-state index contributed by atoms with van der Waals surface area (Å²) in [4.78, 5) is 8.33. The van der Waals surface area contributed by atoms with Crippen molar-refractivity contribution in [3.05, 3.63) is 70.2 Å². The summed E-state index contributed by atoms with van der Waals surface area (Å²) in [5, 5.41) is 0. The van der Waals surface area contributed by atoms with Crippen molar-refractivity contribution >= 4 is 11.3 Å². The van der Waals surface area contributed by atoms with Gasteiger partial charge >= 0.3 is 0 Å². The number of H-pyrrole nitrogens is 1. The highest BCUT2D eigenvalue weighted by Gasteiger charge is 2.19. The van der Waals surface area contributed by atoms with Gasteiger partial charge in [-0.25, -0.2) is 0 Å². The van der Waals surface area contributed by atoms with Crippen molar-refractivity contribution in [3.63, 3.8) is 0 Å². The molecule has 0 radical (unpaired) electrons. The smallest absolute Gasteiger partial charge is 0.119 e. The molecule has 0 bridgehead atoms. The first-order chi connectivity index (χ1) is 14.5. The number of hydrogen-bond donors (Lipinski definition) is 1. The first-order valence-corrected chi connectivity index (χ1v) is 10.5. The third-order valence-corrected chi connectivity index (χ3v) is 4.94. The zero-order valence-electron chi connectivity index (χ0n) is 18.7. The van der Waals surface area contributed by atoms with E-state index in [4.69, 9.17) is 19.2 Å². The third kappa shape index (κ3) is 5.49. The van der Waals surface area contributed by atoms with Crippen LogP contribution in [0.25, 0.3) is 5.57 Å². The Morgan fingerprint density at radius 1 is 0.933 bits per heavy atom. The first kappa shape index (κ1) is 22.1. The van der Waals surface area contributed by atoms with Crippen molar-refractivity contribution in [2.45, 2.75) is 34.6 Å². The number of aliphatic imine (C=N–C) groups is 1. The Labute approximate surface area is 179 Å². The maximum Gasteiger partial charge on any atom is 0.119 e. The molecule has 2 heterocycles. The molecule has 1 aromatic carbocycles. The maximum absolute atomic E-state index is 5.82. The number of hydrogen-bond acceptors (Lipinski definition) is 4. The van der Waals surface area contributed by atoms with Gasteiger partial charge in [0.2, 0.25) is 0 Å². The van der Waals surface area contributed by atoms with Crippen LogP contribution in [0.5, 0.6) is 5.75 Å². The topological polar surface area (TPSA) is 55.8 Å². The lowest BCUT2D eigenvalue weighted by Gasteiger charge is -2.13. The van der Waals surface area contributed by atoms with Gasteiger partial charge in [-0.3, -0.25) is 4.99 Å². The Morgan fingerprint density at radius 2 is 1.63 bits per heavy atom. The van der Waals surface area contributed by atoms with Gasteiger partial charge in [-0.05, 0) is 75.6 Å². The largest absolute Gasteiger partial charge is 0.491 e. The fraction of sp³-hybridized carbons (Fsp3) is 0.400. The van der Waals surface area contributed by atoms with Crippen molar-refractivity contribution in [2.24, 2.45) is 4.99 Å². The van der Waals surface area contributed by atoms with Crippen LogP contribution in [-0.4, -0.2) is 43.7 Å². The molecule has 0 spiro atoms. The van der Waals surface area contributed by atoms with Gasteiger partial charge in [0.15, 0.2) is 0 Å². The summed E-state index contributed by atoms with van der Waals surface area (Å²) >= 11 is 0. The number of allylic oxidation sites excluding steroid dienone is 2. The first-order valence-electron chi connectivity index (χ1n) is 10.5. The van der Waals surface area contributed by atoms with Crippen molar-refractivity contribution < 1.29 is 14.2 Å². The SMILES string of the molecule is CCOCCOCCOc1ccc(/C(=C2/N=C(C)C=C2C)c2[nH]c(C)cc2C)cc1. The minimum absolute atomic E-state index is 0.514. The van der Waals surface area contributed by atoms with Crippen molar-refractivity contribution in [1.82, 2.24) is 4.98 Å². The van der Waals surface area contributed by atoms with Crippen molar-refractivity contribution in [3.8, 4) is 5.75 Å². The molecule has 30 heavy (non-hydrogen) atoms. The number of nitrogens with zero attached hydrogens (tertiary/aromatic N) is 1. The zero-order valence-corrected chi connectivity index (χ0v) is 18.7. The van der Waals surface area contributed by atoms with Gasteiger partial charge < -0.3 is 19.2 Å². The summed E-state index contributed by atoms with van der Waals surface area (Å²) in [5.74, 6) is 0.828. The summed E-state index contributed by atoms with van der Waals surface area (Å²) in [6.45, 7) is 13.3. The predicted octanol–water partition coefficient (Wildman–Crippen LogP) is 5.24. The molecule has 0 fully saturated rings. The van der Waals surface area contributed by atoms with E-state index in [2.05, 4.69) is 50.0 Å². The highest BCUT2D eigenvalue weighted by Crippen LogP contribution is 2.35. The molecule has 0 aliphatic carbocycles. The van der Waals surface area contributed by atoms with Crippen LogP contribution in [0.4, 0.5) is 0 Å². The number of aromatic amines is 1. The monoisotopic (exact) mass is 408 g/mol. The summed E-state index contributed by atoms with van der Waals surface area (Å²) in [7, 11) is 0. The fourth-order valence-corrected chi connectivity index (χ4v) is 3.62. The van der Waals surface area contributed by atoms with E-state index in [0.717, 1.165) is 39.7 Å². The summed E-state index contributed by atoms with van der Waals surface area (Å²) in [6, 6.07) is 10.4. The maximum atomic E-state index is 5.82. The molecule has 160 valence electrons. The second-order valence-corrected chi connectivity index (χ2v) is 7.50. The third-order valence-electron chi connectivity index (χ3n) is 4.94. The van der Waals surface area contributed by atoms with E-state index in [1.54, 1.807) is 0 Å². The lowest BCUT2D eigenvalue weighted by molar-refractivity contribution is 0.0405. The van der Waals surface area contributed by atoms with Gasteiger partial charge in [-0.15, -0.1) is 0 Å². The molecule has 5 nitrogen and oxygen atoms in total. The molecule has 1 aliphatic rings. The Bertz CT molecular complexity index is 949. The Hall–Kier alpha value is -2.63. The summed E-state index contributed by atoms with van der Waals surface area (Å²) < 4.78 is 16.6. The lowest BCUT2D eigenvalue weighted by atomic mass is 9.96. The highest BCUT2D eigenvalue weighted by molar-refractivity contribution is 6.01. The molecular weight excluding hydrogens is 376 g/mol. The molecule has 1 aliphatic heterocycles. The van der Waals surface area contributed by atoms with E-state index in [9.17, 15) is 0 Å². The average Bonchev–Trinajstić information content (AvgIpc) is 3.22. The molecule has 0 unspecified atom stereocenters. The quantitative estimate of drug-likeness (QED) is 0.547. The van der Waals surface area contributed by atoms with E-state index in [-0.39, 0.29) is 0 Å². The summed E-state index contributed by atoms with van der Waals surface area (Å²) in [5.41, 5.74) is 8.94. The molecule has 3 rings (SSSR count). The Balaban J connectivity index is 1.75. The molecule has 2 aromatic rings. The number of rotatable bonds is 10. The fourth-order valence-electron chi connectivity index (χ4n) is 3.62. The molecule has 0 saturated heterocycles. The molecule has 1 N–H and O–H groups in total. The summed E-state index contributed by atoms with van der Waals surface area (Å²) in [6.07, 6.45) is 2.13. The van der Waals surface area contributed by atoms with Crippen LogP contribution in [0.2, 0.25) is 0 Å². The Morgan fingerprint density at radius 3 is 2.23 bits per heavy atom. The van der Waals surface area contributed by atoms with Gasteiger partial charge in [0.1, 0.15) is 12.4 Å². The second kappa shape index (κ2) is 10.4. The highest BCUT2D eigenvalue weighted by atomic mass is 16.5. The molecule has 1 aromatic heterocycles. The minimum atomic E-state index is 0.514. The van der Waals surface area contributed by atoms with Crippen LogP contribution in [0.15, 0.2) is 52.7 Å². The lowest BCUT2D eigenvalue weighted by Crippen LogP contribution is -2.10. The molecular formula is C25H32N2O3. The van der Waals surface area contributed by atoms with Gasteiger partial charge in [0.05, 0.1) is 31.2 Å². The zero-order chi connectivity index (χ0) is 21.5. The van der Waals surface area contributed by atoms with Gasteiger partial charge in [-0.1, -0.05) is 12.1 Å². The number of benzene rings is 1. The second-order valence-electron chi connectivity index (χ2n) is 7.50. The number of aromatic nitrogens is 1. The van der Waals surface area contributed by atoms with Crippen LogP contribution < -0.4 is 4.74 Å². The van der Waals surface area contributed by atoms with Gasteiger partial charge in [0.25, 0.3) is 0 Å². The minimum Gasteiger partial charge on any atom is -0.491 e. The van der Waals surface area contributed by atoms with Gasteiger partial charge in [-0.2, -0.15) is 0 Å². The van der Waals surface area contributed by atoms with E-state index < -0.39 is 0 Å². The standard InChI is InChI=1S/C25H32N2O3/c1-6-28-11-12-29-13-14-30-22-9-7-21(8-10-22)23(24-17(2)15-19(4)26-24)25-18(3)16-20(5)27-25/h7-10,15-16,26H,6,11-14H2,1-5H3/b25-23-. The van der Waals surface area contributed by atoms with E-state index >= 15 is 0 Å². The Kier molecular flexibility index (Phi) is 7.66. The van der Waals surface area contributed by atoms with E-state index in [0.29, 0.717) is 33.0 Å². The molecule has 0 atom stereocenters. The van der Waals surface area contributed by atoms with Crippen LogP contribution in [-0.2, 0) is 9.47 Å². The molecule has 5 heteroatoms. The average molecular weight is 409 g/mol. The van der Waals surface area contributed by atoms with Gasteiger partial charge in [0, 0.05) is 23.6 Å². The van der Waals surface area contributed by atoms with Crippen molar-refractivity contribution in [2.75, 3.05) is 33.0 Å². The molecule has 0 amide bonds. The van der Waals surface area contributed by atoms with Crippen LogP contribution in [0, 0.1) is 13.8 Å². The van der Waals surface area contributed by atoms with E-state index in [1.165, 1.54) is 11.1 Å². The van der Waals surface area contributed by atoms with Crippen LogP contribution in [0.1, 0.15) is 43.3 Å². The van der Waals surface area contributed by atoms with Crippen LogP contribution in [0.3, 0.4) is 0 Å². The normalized spacial score (nSPS) is 15.2. The number of aryl methyl sites for hydroxylation is 2. The van der Waals surface area contributed by atoms with E-state index in [1.807, 2.05) is 26.0 Å². The number of nitrogens with one attached hydrogen (secondary N) is 1. The molecule has 0 saturated carbocycles. The number of ether oxygens (including phenoxy) is 3. The van der Waals surface area contributed by atoms with Crippen molar-refractivity contribution in [1.29, 1.82) is 0 Å². The predicted molar refractivity (Wildman–Crippen MR) is 122 cm³/mol.